The molecule has 0 aromatic heterocycles. The molecule has 0 saturated carbocycles. The van der Waals surface area contributed by atoms with Gasteiger partial charge in [0, 0.05) is 24.3 Å². The number of hydrogen-bond acceptors (Lipinski definition) is 4. The number of rotatable bonds is 3. The van der Waals surface area contributed by atoms with Gasteiger partial charge in [-0.05, 0) is 54.8 Å². The highest BCUT2D eigenvalue weighted by atomic mass is 32.2. The number of carbonyl (C=O) groups is 1. The van der Waals surface area contributed by atoms with E-state index in [4.69, 9.17) is 4.74 Å². The summed E-state index contributed by atoms with van der Waals surface area (Å²) >= 11 is 0. The lowest BCUT2D eigenvalue weighted by Crippen LogP contribution is -2.29. The standard InChI is InChI=1S/C19H20N2O4S/c1-25-17-6-7-18-14(13-17)8-10-20(18)19(22)15-4-2-5-16(12-15)21-9-3-11-26(21,23)24/h2,4-7,12-13H,3,8-11H2,1H3. The Morgan fingerprint density at radius 1 is 1.12 bits per heavy atom. The SMILES string of the molecule is COc1ccc2c(c1)CCN2C(=O)c1cccc(N2CCCS2(=O)=O)c1. The average Bonchev–Trinajstić information content (AvgIpc) is 3.23. The molecular formula is C19H20N2O4S. The quantitative estimate of drug-likeness (QED) is 0.830. The minimum absolute atomic E-state index is 0.118. The fourth-order valence-corrected chi connectivity index (χ4v) is 5.15. The van der Waals surface area contributed by atoms with Gasteiger partial charge in [0.1, 0.15) is 5.75 Å². The molecule has 0 radical (unpaired) electrons. The second-order valence-electron chi connectivity index (χ2n) is 6.49. The highest BCUT2D eigenvalue weighted by Crippen LogP contribution is 2.33. The van der Waals surface area contributed by atoms with Crippen molar-refractivity contribution in [1.82, 2.24) is 0 Å². The summed E-state index contributed by atoms with van der Waals surface area (Å²) in [5, 5.41) is 0. The minimum Gasteiger partial charge on any atom is -0.497 e. The third kappa shape index (κ3) is 2.82. The molecule has 136 valence electrons. The Balaban J connectivity index is 1.64. The van der Waals surface area contributed by atoms with Crippen LogP contribution in [0.4, 0.5) is 11.4 Å². The molecule has 0 spiro atoms. The molecular weight excluding hydrogens is 352 g/mol. The van der Waals surface area contributed by atoms with Crippen LogP contribution in [0.5, 0.6) is 5.75 Å². The predicted octanol–water partition coefficient (Wildman–Crippen LogP) is 2.44. The van der Waals surface area contributed by atoms with Crippen molar-refractivity contribution in [2.45, 2.75) is 12.8 Å². The minimum atomic E-state index is -3.26. The zero-order valence-corrected chi connectivity index (χ0v) is 15.3. The van der Waals surface area contributed by atoms with Crippen molar-refractivity contribution >= 4 is 27.3 Å². The molecule has 2 aliphatic heterocycles. The van der Waals surface area contributed by atoms with E-state index >= 15 is 0 Å². The van der Waals surface area contributed by atoms with Gasteiger partial charge in [0.05, 0.1) is 18.6 Å². The Labute approximate surface area is 153 Å². The van der Waals surface area contributed by atoms with Crippen LogP contribution in [-0.4, -0.2) is 40.3 Å². The van der Waals surface area contributed by atoms with Gasteiger partial charge in [-0.3, -0.25) is 9.10 Å². The molecule has 1 fully saturated rings. The molecule has 2 heterocycles. The van der Waals surface area contributed by atoms with Gasteiger partial charge in [-0.2, -0.15) is 0 Å². The summed E-state index contributed by atoms with van der Waals surface area (Å²) in [5.41, 5.74) is 3.02. The van der Waals surface area contributed by atoms with Crippen LogP contribution in [0.1, 0.15) is 22.3 Å². The molecule has 2 aromatic carbocycles. The summed E-state index contributed by atoms with van der Waals surface area (Å²) in [5.74, 6) is 0.818. The summed E-state index contributed by atoms with van der Waals surface area (Å²) in [6.07, 6.45) is 1.39. The number of fused-ring (bicyclic) bond motifs is 1. The first-order chi connectivity index (χ1) is 12.5. The molecule has 0 atom stereocenters. The molecule has 2 aliphatic rings. The van der Waals surface area contributed by atoms with Gasteiger partial charge in [-0.25, -0.2) is 8.42 Å². The van der Waals surface area contributed by atoms with Crippen molar-refractivity contribution in [3.63, 3.8) is 0 Å². The van der Waals surface area contributed by atoms with E-state index in [1.807, 2.05) is 18.2 Å². The van der Waals surface area contributed by atoms with Gasteiger partial charge in [-0.15, -0.1) is 0 Å². The molecule has 1 saturated heterocycles. The van der Waals surface area contributed by atoms with E-state index in [0.717, 1.165) is 23.4 Å². The van der Waals surface area contributed by atoms with Crippen LogP contribution in [-0.2, 0) is 16.4 Å². The molecule has 26 heavy (non-hydrogen) atoms. The average molecular weight is 372 g/mol. The maximum absolute atomic E-state index is 13.0. The summed E-state index contributed by atoms with van der Waals surface area (Å²) in [6, 6.07) is 12.6. The molecule has 4 rings (SSSR count). The zero-order chi connectivity index (χ0) is 18.3. The van der Waals surface area contributed by atoms with Gasteiger partial charge in [-0.1, -0.05) is 6.07 Å². The number of anilines is 2. The number of sulfonamides is 1. The maximum Gasteiger partial charge on any atom is 0.258 e. The van der Waals surface area contributed by atoms with E-state index in [9.17, 15) is 13.2 Å². The van der Waals surface area contributed by atoms with E-state index < -0.39 is 10.0 Å². The van der Waals surface area contributed by atoms with E-state index in [-0.39, 0.29) is 11.7 Å². The lowest BCUT2D eigenvalue weighted by molar-refractivity contribution is 0.0989. The first-order valence-electron chi connectivity index (χ1n) is 8.59. The third-order valence-corrected chi connectivity index (χ3v) is 6.78. The smallest absolute Gasteiger partial charge is 0.258 e. The van der Waals surface area contributed by atoms with E-state index in [0.29, 0.717) is 30.8 Å². The van der Waals surface area contributed by atoms with Crippen LogP contribution in [0.3, 0.4) is 0 Å². The number of nitrogens with zero attached hydrogens (tertiary/aromatic N) is 2. The van der Waals surface area contributed by atoms with Crippen LogP contribution >= 0.6 is 0 Å². The Hall–Kier alpha value is -2.54. The number of ether oxygens (including phenoxy) is 1. The molecule has 0 aliphatic carbocycles. The van der Waals surface area contributed by atoms with Gasteiger partial charge < -0.3 is 9.64 Å². The lowest BCUT2D eigenvalue weighted by Gasteiger charge is -2.20. The number of hydrogen-bond donors (Lipinski definition) is 0. The number of methoxy groups -OCH3 is 1. The fourth-order valence-electron chi connectivity index (χ4n) is 3.60. The Morgan fingerprint density at radius 3 is 2.69 bits per heavy atom. The maximum atomic E-state index is 13.0. The van der Waals surface area contributed by atoms with Crippen molar-refractivity contribution < 1.29 is 17.9 Å². The van der Waals surface area contributed by atoms with Crippen LogP contribution in [0.2, 0.25) is 0 Å². The number of amides is 1. The second kappa shape index (κ2) is 6.32. The molecule has 2 aromatic rings. The number of benzene rings is 2. The Bertz CT molecular complexity index is 971. The second-order valence-corrected chi connectivity index (χ2v) is 8.51. The van der Waals surface area contributed by atoms with Gasteiger partial charge in [0.25, 0.3) is 5.91 Å². The van der Waals surface area contributed by atoms with Crippen LogP contribution < -0.4 is 13.9 Å². The van der Waals surface area contributed by atoms with Crippen molar-refractivity contribution in [2.24, 2.45) is 0 Å². The van der Waals surface area contributed by atoms with Crippen LogP contribution in [0.15, 0.2) is 42.5 Å². The Morgan fingerprint density at radius 2 is 1.96 bits per heavy atom. The normalized spacial score (nSPS) is 18.0. The van der Waals surface area contributed by atoms with Gasteiger partial charge >= 0.3 is 0 Å². The summed E-state index contributed by atoms with van der Waals surface area (Å²) in [7, 11) is -1.64. The van der Waals surface area contributed by atoms with E-state index in [1.54, 1.807) is 36.3 Å². The van der Waals surface area contributed by atoms with Crippen LogP contribution in [0.25, 0.3) is 0 Å². The van der Waals surface area contributed by atoms with Crippen molar-refractivity contribution in [1.29, 1.82) is 0 Å². The van der Waals surface area contributed by atoms with Gasteiger partial charge in [0.15, 0.2) is 0 Å². The molecule has 0 bridgehead atoms. The molecule has 1 amide bonds. The summed E-state index contributed by atoms with van der Waals surface area (Å²) in [6.45, 7) is 1.07. The molecule has 0 N–H and O–H groups in total. The summed E-state index contributed by atoms with van der Waals surface area (Å²) in [4.78, 5) is 14.8. The summed E-state index contributed by atoms with van der Waals surface area (Å²) < 4.78 is 30.9. The molecule has 0 unspecified atom stereocenters. The van der Waals surface area contributed by atoms with E-state index in [2.05, 4.69) is 0 Å². The van der Waals surface area contributed by atoms with Crippen molar-refractivity contribution in [2.75, 3.05) is 35.2 Å². The highest BCUT2D eigenvalue weighted by molar-refractivity contribution is 7.93. The topological polar surface area (TPSA) is 66.9 Å². The highest BCUT2D eigenvalue weighted by Gasteiger charge is 2.30. The largest absolute Gasteiger partial charge is 0.497 e. The van der Waals surface area contributed by atoms with Gasteiger partial charge in [0.2, 0.25) is 10.0 Å². The lowest BCUT2D eigenvalue weighted by atomic mass is 10.1. The molecule has 6 nitrogen and oxygen atoms in total. The predicted molar refractivity (Wildman–Crippen MR) is 101 cm³/mol. The Kier molecular flexibility index (Phi) is 4.11. The first-order valence-corrected chi connectivity index (χ1v) is 10.2. The molecule has 7 heteroatoms. The van der Waals surface area contributed by atoms with Crippen molar-refractivity contribution in [3.05, 3.63) is 53.6 Å². The monoisotopic (exact) mass is 372 g/mol. The van der Waals surface area contributed by atoms with Crippen LogP contribution in [0, 0.1) is 0 Å². The fraction of sp³-hybridized carbons (Fsp3) is 0.316. The zero-order valence-electron chi connectivity index (χ0n) is 14.5. The third-order valence-electron chi connectivity index (χ3n) is 4.91. The van der Waals surface area contributed by atoms with E-state index in [1.165, 1.54) is 4.31 Å². The number of carbonyl (C=O) groups excluding carboxylic acids is 1. The van der Waals surface area contributed by atoms with Crippen molar-refractivity contribution in [3.8, 4) is 5.75 Å². The first kappa shape index (κ1) is 16.9.